The van der Waals surface area contributed by atoms with Gasteiger partial charge in [-0.25, -0.2) is 14.4 Å². The molecule has 1 amide bonds. The van der Waals surface area contributed by atoms with Crippen molar-refractivity contribution in [3.05, 3.63) is 24.1 Å². The van der Waals surface area contributed by atoms with Crippen LogP contribution in [-0.2, 0) is 4.79 Å². The lowest BCUT2D eigenvalue weighted by molar-refractivity contribution is -0.128. The molecule has 0 radical (unpaired) electrons. The van der Waals surface area contributed by atoms with E-state index in [1.807, 2.05) is 16.7 Å². The van der Waals surface area contributed by atoms with Crippen molar-refractivity contribution >= 4 is 41.7 Å². The molecular weight excluding hydrogens is 462 g/mol. The largest absolute Gasteiger partial charge is 0.357 e. The normalized spacial score (nSPS) is 19.8. The average molecular weight is 490 g/mol. The maximum Gasteiger partial charge on any atom is 0.244 e. The quantitative estimate of drug-likeness (QED) is 0.373. The van der Waals surface area contributed by atoms with Gasteiger partial charge in [0.25, 0.3) is 0 Å². The summed E-state index contributed by atoms with van der Waals surface area (Å²) in [4.78, 5) is 24.5. The Balaban J connectivity index is 0.00000261. The maximum atomic E-state index is 13.9. The molecule has 7 nitrogen and oxygen atoms in total. The second-order valence-electron chi connectivity index (χ2n) is 6.67. The summed E-state index contributed by atoms with van der Waals surface area (Å²) in [7, 11) is 0. The van der Waals surface area contributed by atoms with Crippen LogP contribution in [0, 0.1) is 5.82 Å². The van der Waals surface area contributed by atoms with Crippen molar-refractivity contribution in [2.75, 3.05) is 44.2 Å². The van der Waals surface area contributed by atoms with Gasteiger partial charge >= 0.3 is 0 Å². The summed E-state index contributed by atoms with van der Waals surface area (Å²) < 4.78 is 13.9. The molecule has 1 atom stereocenters. The lowest BCUT2D eigenvalue weighted by Gasteiger charge is -2.20. The van der Waals surface area contributed by atoms with Crippen molar-refractivity contribution in [1.29, 1.82) is 0 Å². The van der Waals surface area contributed by atoms with Crippen molar-refractivity contribution in [2.45, 2.75) is 32.2 Å². The van der Waals surface area contributed by atoms with E-state index >= 15 is 0 Å². The topological polar surface area (TPSA) is 72.9 Å². The predicted octanol–water partition coefficient (Wildman–Crippen LogP) is 1.59. The lowest BCUT2D eigenvalue weighted by Crippen LogP contribution is -2.45. The second kappa shape index (κ2) is 10.6. The fourth-order valence-corrected chi connectivity index (χ4v) is 3.41. The van der Waals surface area contributed by atoms with Crippen LogP contribution in [0.5, 0.6) is 0 Å². The summed E-state index contributed by atoms with van der Waals surface area (Å²) in [6, 6.07) is 3.16. The van der Waals surface area contributed by atoms with Crippen LogP contribution in [-0.4, -0.2) is 67.1 Å². The molecule has 9 heteroatoms. The van der Waals surface area contributed by atoms with Gasteiger partial charge in [0, 0.05) is 45.0 Å². The predicted molar refractivity (Wildman–Crippen MR) is 115 cm³/mol. The summed E-state index contributed by atoms with van der Waals surface area (Å²) in [6.07, 6.45) is 4.63. The Bertz CT molecular complexity index is 652. The Morgan fingerprint density at radius 1 is 1.37 bits per heavy atom. The summed E-state index contributed by atoms with van der Waals surface area (Å²) in [5.41, 5.74) is 0. The highest BCUT2D eigenvalue weighted by molar-refractivity contribution is 14.0. The molecule has 3 heterocycles. The van der Waals surface area contributed by atoms with E-state index in [-0.39, 0.29) is 48.3 Å². The van der Waals surface area contributed by atoms with Crippen LogP contribution in [0.4, 0.5) is 10.2 Å². The molecule has 2 fully saturated rings. The lowest BCUT2D eigenvalue weighted by atomic mass is 10.3. The van der Waals surface area contributed by atoms with E-state index in [0.717, 1.165) is 45.4 Å². The molecule has 0 aliphatic carbocycles. The zero-order chi connectivity index (χ0) is 18.4. The third kappa shape index (κ3) is 5.91. The number of aliphatic imine (C=N–C) groups is 1. The number of carbonyl (C=O) groups is 1. The van der Waals surface area contributed by atoms with E-state index in [4.69, 9.17) is 0 Å². The first-order valence-corrected chi connectivity index (χ1v) is 9.35. The van der Waals surface area contributed by atoms with E-state index in [1.54, 1.807) is 12.3 Å². The molecule has 3 rings (SSSR count). The van der Waals surface area contributed by atoms with Gasteiger partial charge in [-0.3, -0.25) is 4.79 Å². The highest BCUT2D eigenvalue weighted by Gasteiger charge is 2.26. The number of guanidine groups is 1. The minimum atomic E-state index is -0.301. The molecule has 2 aliphatic rings. The van der Waals surface area contributed by atoms with Crippen LogP contribution >= 0.6 is 24.0 Å². The van der Waals surface area contributed by atoms with Crippen molar-refractivity contribution in [3.63, 3.8) is 0 Å². The molecule has 0 spiro atoms. The second-order valence-corrected chi connectivity index (χ2v) is 6.67. The van der Waals surface area contributed by atoms with E-state index in [2.05, 4.69) is 20.6 Å². The number of aromatic nitrogens is 1. The number of hydrogen-bond acceptors (Lipinski definition) is 4. The molecule has 0 bridgehead atoms. The van der Waals surface area contributed by atoms with Gasteiger partial charge in [-0.15, -0.1) is 24.0 Å². The van der Waals surface area contributed by atoms with E-state index in [0.29, 0.717) is 18.3 Å². The standard InChI is InChI=1S/C18H27FN6O.HI/c1-2-20-18(22-12-16(26)24-9-3-4-10-24)23-14-7-11-25(13-14)17-15(19)6-5-8-21-17;/h5-6,8,14H,2-4,7,9-13H2,1H3,(H2,20,22,23);1H. The van der Waals surface area contributed by atoms with Crippen LogP contribution in [0.15, 0.2) is 23.3 Å². The van der Waals surface area contributed by atoms with Gasteiger partial charge in [-0.05, 0) is 38.3 Å². The molecule has 0 aromatic carbocycles. The van der Waals surface area contributed by atoms with Gasteiger partial charge < -0.3 is 20.4 Å². The number of nitrogens with one attached hydrogen (secondary N) is 2. The summed E-state index contributed by atoms with van der Waals surface area (Å²) in [6.45, 7) is 5.92. The Morgan fingerprint density at radius 3 is 2.85 bits per heavy atom. The van der Waals surface area contributed by atoms with E-state index in [9.17, 15) is 9.18 Å². The zero-order valence-corrected chi connectivity index (χ0v) is 18.0. The number of pyridine rings is 1. The van der Waals surface area contributed by atoms with Gasteiger partial charge in [-0.2, -0.15) is 0 Å². The molecule has 1 unspecified atom stereocenters. The smallest absolute Gasteiger partial charge is 0.244 e. The van der Waals surface area contributed by atoms with Crippen LogP contribution in [0.25, 0.3) is 0 Å². The minimum Gasteiger partial charge on any atom is -0.357 e. The third-order valence-corrected chi connectivity index (χ3v) is 4.74. The average Bonchev–Trinajstić information content (AvgIpc) is 3.32. The fourth-order valence-electron chi connectivity index (χ4n) is 3.41. The van der Waals surface area contributed by atoms with Gasteiger partial charge in [0.1, 0.15) is 6.54 Å². The highest BCUT2D eigenvalue weighted by Crippen LogP contribution is 2.20. The fraction of sp³-hybridized carbons (Fsp3) is 0.611. The number of halogens is 2. The summed E-state index contributed by atoms with van der Waals surface area (Å²) in [5.74, 6) is 0.796. The molecule has 2 N–H and O–H groups in total. The van der Waals surface area contributed by atoms with Crippen molar-refractivity contribution in [2.24, 2.45) is 4.99 Å². The number of rotatable bonds is 5. The molecule has 27 heavy (non-hydrogen) atoms. The Labute approximate surface area is 176 Å². The van der Waals surface area contributed by atoms with E-state index < -0.39 is 0 Å². The first kappa shape index (κ1) is 21.6. The van der Waals surface area contributed by atoms with Crippen molar-refractivity contribution in [3.8, 4) is 0 Å². The zero-order valence-electron chi connectivity index (χ0n) is 15.7. The number of carbonyl (C=O) groups excluding carboxylic acids is 1. The van der Waals surface area contributed by atoms with Crippen molar-refractivity contribution < 1.29 is 9.18 Å². The highest BCUT2D eigenvalue weighted by atomic mass is 127. The third-order valence-electron chi connectivity index (χ3n) is 4.74. The molecule has 2 saturated heterocycles. The number of hydrogen-bond donors (Lipinski definition) is 2. The molecule has 0 saturated carbocycles. The van der Waals surface area contributed by atoms with Crippen LogP contribution in [0.3, 0.4) is 0 Å². The van der Waals surface area contributed by atoms with Gasteiger partial charge in [0.2, 0.25) is 5.91 Å². The van der Waals surface area contributed by atoms with Gasteiger partial charge in [0.05, 0.1) is 0 Å². The number of nitrogens with zero attached hydrogens (tertiary/aromatic N) is 4. The molecule has 150 valence electrons. The summed E-state index contributed by atoms with van der Waals surface area (Å²) in [5, 5.41) is 6.54. The van der Waals surface area contributed by atoms with Crippen LogP contribution < -0.4 is 15.5 Å². The Kier molecular flexibility index (Phi) is 8.52. The number of likely N-dealkylation sites (tertiary alicyclic amines) is 1. The Hall–Kier alpha value is -1.65. The monoisotopic (exact) mass is 490 g/mol. The summed E-state index contributed by atoms with van der Waals surface area (Å²) >= 11 is 0. The molecule has 2 aliphatic heterocycles. The molecule has 1 aromatic rings. The molecule has 1 aromatic heterocycles. The first-order valence-electron chi connectivity index (χ1n) is 9.35. The number of amides is 1. The van der Waals surface area contributed by atoms with Crippen LogP contribution in [0.2, 0.25) is 0 Å². The van der Waals surface area contributed by atoms with Gasteiger partial charge in [-0.1, -0.05) is 0 Å². The Morgan fingerprint density at radius 2 is 2.15 bits per heavy atom. The maximum absolute atomic E-state index is 13.9. The number of anilines is 1. The molecular formula is C18H28FIN6O. The van der Waals surface area contributed by atoms with Crippen LogP contribution in [0.1, 0.15) is 26.2 Å². The van der Waals surface area contributed by atoms with Crippen molar-refractivity contribution in [1.82, 2.24) is 20.5 Å². The minimum absolute atomic E-state index is 0. The first-order chi connectivity index (χ1) is 12.7. The van der Waals surface area contributed by atoms with E-state index in [1.165, 1.54) is 6.07 Å². The SMILES string of the molecule is CCNC(=NCC(=O)N1CCCC1)NC1CCN(c2ncccc2F)C1.I. The van der Waals surface area contributed by atoms with Gasteiger partial charge in [0.15, 0.2) is 17.6 Å².